The number of thiophene rings is 1. The summed E-state index contributed by atoms with van der Waals surface area (Å²) < 4.78 is 5.65. The third kappa shape index (κ3) is 5.24. The van der Waals surface area contributed by atoms with E-state index in [9.17, 15) is 14.4 Å². The molecular formula is C22H21N3O4S. The molecule has 1 aromatic heterocycles. The average molecular weight is 423 g/mol. The van der Waals surface area contributed by atoms with Crippen molar-refractivity contribution < 1.29 is 19.1 Å². The Morgan fingerprint density at radius 3 is 2.33 bits per heavy atom. The fraction of sp³-hybridized carbons (Fsp3) is 0.136. The van der Waals surface area contributed by atoms with Crippen molar-refractivity contribution in [2.75, 3.05) is 18.5 Å². The van der Waals surface area contributed by atoms with Crippen molar-refractivity contribution in [2.45, 2.75) is 6.92 Å². The van der Waals surface area contributed by atoms with Gasteiger partial charge in [-0.15, -0.1) is 11.3 Å². The summed E-state index contributed by atoms with van der Waals surface area (Å²) in [5.41, 5.74) is 6.91. The van der Waals surface area contributed by atoms with E-state index in [1.807, 2.05) is 43.3 Å². The SMILES string of the molecule is CCOc1cc(-c2ccccc2)sc1C(=O)Nc1ccc(C(=O)NCC(N)=O)cc1. The summed E-state index contributed by atoms with van der Waals surface area (Å²) >= 11 is 1.35. The largest absolute Gasteiger partial charge is 0.492 e. The number of carbonyl (C=O) groups excluding carboxylic acids is 3. The predicted octanol–water partition coefficient (Wildman–Crippen LogP) is 3.28. The second kappa shape index (κ2) is 9.71. The molecule has 0 spiro atoms. The molecule has 0 saturated carbocycles. The van der Waals surface area contributed by atoms with Crippen LogP contribution in [-0.2, 0) is 4.79 Å². The fourth-order valence-corrected chi connectivity index (χ4v) is 3.70. The number of primary amides is 1. The summed E-state index contributed by atoms with van der Waals surface area (Å²) in [6.45, 7) is 2.07. The number of carbonyl (C=O) groups is 3. The Hall–Kier alpha value is -3.65. The first kappa shape index (κ1) is 21.1. The van der Waals surface area contributed by atoms with Crippen molar-refractivity contribution in [3.05, 3.63) is 71.1 Å². The van der Waals surface area contributed by atoms with Crippen LogP contribution >= 0.6 is 11.3 Å². The highest BCUT2D eigenvalue weighted by Crippen LogP contribution is 2.36. The molecule has 3 rings (SSSR count). The topological polar surface area (TPSA) is 111 Å². The van der Waals surface area contributed by atoms with Gasteiger partial charge in [0.25, 0.3) is 11.8 Å². The standard InChI is InChI=1S/C22H21N3O4S/c1-2-29-17-12-18(14-6-4-3-5-7-14)30-20(17)22(28)25-16-10-8-15(9-11-16)21(27)24-13-19(23)26/h3-12H,2,13H2,1H3,(H2,23,26)(H,24,27)(H,25,28). The molecule has 3 amide bonds. The monoisotopic (exact) mass is 423 g/mol. The molecule has 4 N–H and O–H groups in total. The molecule has 7 nitrogen and oxygen atoms in total. The number of benzene rings is 2. The fourth-order valence-electron chi connectivity index (χ4n) is 2.70. The number of nitrogens with two attached hydrogens (primary N) is 1. The van der Waals surface area contributed by atoms with Gasteiger partial charge in [0.05, 0.1) is 13.2 Å². The normalized spacial score (nSPS) is 10.3. The number of ether oxygens (including phenoxy) is 1. The molecule has 30 heavy (non-hydrogen) atoms. The summed E-state index contributed by atoms with van der Waals surface area (Å²) in [5, 5.41) is 5.23. The minimum atomic E-state index is -0.622. The molecular weight excluding hydrogens is 402 g/mol. The van der Waals surface area contributed by atoms with Gasteiger partial charge in [0.1, 0.15) is 10.6 Å². The van der Waals surface area contributed by atoms with Gasteiger partial charge in [-0.3, -0.25) is 14.4 Å². The highest BCUT2D eigenvalue weighted by atomic mass is 32.1. The van der Waals surface area contributed by atoms with E-state index in [1.54, 1.807) is 24.3 Å². The van der Waals surface area contributed by atoms with E-state index in [1.165, 1.54) is 11.3 Å². The maximum absolute atomic E-state index is 12.8. The van der Waals surface area contributed by atoms with Crippen molar-refractivity contribution in [2.24, 2.45) is 5.73 Å². The van der Waals surface area contributed by atoms with Crippen LogP contribution in [0.3, 0.4) is 0 Å². The van der Waals surface area contributed by atoms with Gasteiger partial charge < -0.3 is 21.1 Å². The van der Waals surface area contributed by atoms with E-state index in [0.717, 1.165) is 10.4 Å². The van der Waals surface area contributed by atoms with Gasteiger partial charge in [-0.2, -0.15) is 0 Å². The van der Waals surface area contributed by atoms with E-state index >= 15 is 0 Å². The molecule has 3 aromatic rings. The van der Waals surface area contributed by atoms with Crippen LogP contribution in [0.5, 0.6) is 5.75 Å². The van der Waals surface area contributed by atoms with E-state index in [4.69, 9.17) is 10.5 Å². The van der Waals surface area contributed by atoms with Crippen molar-refractivity contribution >= 4 is 34.7 Å². The van der Waals surface area contributed by atoms with Gasteiger partial charge in [-0.05, 0) is 42.8 Å². The van der Waals surface area contributed by atoms with Crippen molar-refractivity contribution in [3.8, 4) is 16.2 Å². The summed E-state index contributed by atoms with van der Waals surface area (Å²) in [5.74, 6) is -0.808. The Bertz CT molecular complexity index is 1050. The molecule has 2 aromatic carbocycles. The van der Waals surface area contributed by atoms with Gasteiger partial charge in [-0.1, -0.05) is 30.3 Å². The number of nitrogens with one attached hydrogen (secondary N) is 2. The third-order valence-corrected chi connectivity index (χ3v) is 5.25. The lowest BCUT2D eigenvalue weighted by atomic mass is 10.2. The van der Waals surface area contributed by atoms with Crippen LogP contribution in [0.2, 0.25) is 0 Å². The van der Waals surface area contributed by atoms with E-state index in [2.05, 4.69) is 10.6 Å². The van der Waals surface area contributed by atoms with Gasteiger partial charge in [0, 0.05) is 16.1 Å². The zero-order valence-electron chi connectivity index (χ0n) is 16.3. The van der Waals surface area contributed by atoms with Gasteiger partial charge in [0.2, 0.25) is 5.91 Å². The highest BCUT2D eigenvalue weighted by Gasteiger charge is 2.19. The van der Waals surface area contributed by atoms with Crippen LogP contribution in [0, 0.1) is 0 Å². The Morgan fingerprint density at radius 1 is 1.00 bits per heavy atom. The van der Waals surface area contributed by atoms with Gasteiger partial charge in [0.15, 0.2) is 0 Å². The van der Waals surface area contributed by atoms with Crippen molar-refractivity contribution in [1.29, 1.82) is 0 Å². The number of rotatable bonds is 8. The van der Waals surface area contributed by atoms with Crippen LogP contribution in [0.25, 0.3) is 10.4 Å². The molecule has 0 radical (unpaired) electrons. The van der Waals surface area contributed by atoms with E-state index in [0.29, 0.717) is 28.5 Å². The number of anilines is 1. The minimum Gasteiger partial charge on any atom is -0.492 e. The quantitative estimate of drug-likeness (QED) is 0.516. The molecule has 0 aliphatic carbocycles. The van der Waals surface area contributed by atoms with Crippen LogP contribution in [0.4, 0.5) is 5.69 Å². The lowest BCUT2D eigenvalue weighted by Gasteiger charge is -2.08. The molecule has 0 aliphatic heterocycles. The Morgan fingerprint density at radius 2 is 1.70 bits per heavy atom. The van der Waals surface area contributed by atoms with Crippen molar-refractivity contribution in [1.82, 2.24) is 5.32 Å². The molecule has 0 aliphatic rings. The first-order chi connectivity index (χ1) is 14.5. The molecule has 0 unspecified atom stereocenters. The number of amides is 3. The summed E-state index contributed by atoms with van der Waals surface area (Å²) in [7, 11) is 0. The molecule has 0 saturated heterocycles. The van der Waals surface area contributed by atoms with Crippen molar-refractivity contribution in [3.63, 3.8) is 0 Å². The van der Waals surface area contributed by atoms with Crippen LogP contribution < -0.4 is 21.1 Å². The molecule has 0 fully saturated rings. The Balaban J connectivity index is 1.74. The number of hydrogen-bond acceptors (Lipinski definition) is 5. The smallest absolute Gasteiger partial charge is 0.269 e. The summed E-state index contributed by atoms with van der Waals surface area (Å²) in [6.07, 6.45) is 0. The lowest BCUT2D eigenvalue weighted by molar-refractivity contribution is -0.117. The molecule has 1 heterocycles. The predicted molar refractivity (Wildman–Crippen MR) is 117 cm³/mol. The summed E-state index contributed by atoms with van der Waals surface area (Å²) in [6, 6.07) is 18.0. The minimum absolute atomic E-state index is 0.236. The Kier molecular flexibility index (Phi) is 6.82. The second-order valence-electron chi connectivity index (χ2n) is 6.28. The lowest BCUT2D eigenvalue weighted by Crippen LogP contribution is -2.33. The first-order valence-electron chi connectivity index (χ1n) is 9.28. The zero-order valence-corrected chi connectivity index (χ0v) is 17.1. The zero-order chi connectivity index (χ0) is 21.5. The number of hydrogen-bond donors (Lipinski definition) is 3. The Labute approximate surface area is 177 Å². The third-order valence-electron chi connectivity index (χ3n) is 4.09. The molecule has 154 valence electrons. The van der Waals surface area contributed by atoms with Crippen LogP contribution in [-0.4, -0.2) is 30.9 Å². The molecule has 0 bridgehead atoms. The maximum atomic E-state index is 12.8. The second-order valence-corrected chi connectivity index (χ2v) is 7.34. The first-order valence-corrected chi connectivity index (χ1v) is 10.1. The molecule has 8 heteroatoms. The maximum Gasteiger partial charge on any atom is 0.269 e. The van der Waals surface area contributed by atoms with E-state index in [-0.39, 0.29) is 12.5 Å². The molecule has 0 atom stereocenters. The van der Waals surface area contributed by atoms with Crippen LogP contribution in [0.1, 0.15) is 27.0 Å². The van der Waals surface area contributed by atoms with Crippen LogP contribution in [0.15, 0.2) is 60.7 Å². The van der Waals surface area contributed by atoms with Gasteiger partial charge >= 0.3 is 0 Å². The summed E-state index contributed by atoms with van der Waals surface area (Å²) in [4.78, 5) is 36.9. The van der Waals surface area contributed by atoms with E-state index < -0.39 is 11.8 Å². The average Bonchev–Trinajstić information content (AvgIpc) is 3.17. The highest BCUT2D eigenvalue weighted by molar-refractivity contribution is 7.17. The van der Waals surface area contributed by atoms with Gasteiger partial charge in [-0.25, -0.2) is 0 Å².